The lowest BCUT2D eigenvalue weighted by Gasteiger charge is -2.28. The first-order valence-electron chi connectivity index (χ1n) is 9.86. The summed E-state index contributed by atoms with van der Waals surface area (Å²) in [6, 6.07) is 5.61. The highest BCUT2D eigenvalue weighted by Crippen LogP contribution is 2.32. The molecule has 8 heteroatoms. The van der Waals surface area contributed by atoms with Crippen LogP contribution in [0, 0.1) is 6.92 Å². The van der Waals surface area contributed by atoms with E-state index in [1.165, 1.54) is 0 Å². The van der Waals surface area contributed by atoms with Crippen molar-refractivity contribution in [2.24, 2.45) is 0 Å². The molecule has 8 nitrogen and oxygen atoms in total. The molecule has 0 bridgehead atoms. The quantitative estimate of drug-likeness (QED) is 0.701. The highest BCUT2D eigenvalue weighted by atomic mass is 16.3. The molecule has 1 aliphatic rings. The lowest BCUT2D eigenvalue weighted by atomic mass is 9.92. The summed E-state index contributed by atoms with van der Waals surface area (Å²) in [6.07, 6.45) is 4.20. The van der Waals surface area contributed by atoms with Gasteiger partial charge in [0.15, 0.2) is 0 Å². The van der Waals surface area contributed by atoms with Gasteiger partial charge in [0, 0.05) is 42.8 Å². The Bertz CT molecular complexity index is 1100. The molecule has 3 heterocycles. The van der Waals surface area contributed by atoms with Gasteiger partial charge in [-0.05, 0) is 50.8 Å². The number of rotatable bonds is 3. The van der Waals surface area contributed by atoms with Gasteiger partial charge < -0.3 is 15.7 Å². The molecule has 0 unspecified atom stereocenters. The van der Waals surface area contributed by atoms with Crippen LogP contribution in [-0.2, 0) is 0 Å². The molecular formula is C21H26N6O2. The molecule has 1 fully saturated rings. The first-order valence-corrected chi connectivity index (χ1v) is 9.86. The van der Waals surface area contributed by atoms with Gasteiger partial charge in [-0.25, -0.2) is 9.97 Å². The maximum atomic E-state index is 13.6. The lowest BCUT2D eigenvalue weighted by molar-refractivity contribution is 0.111. The van der Waals surface area contributed by atoms with Gasteiger partial charge in [0.25, 0.3) is 5.56 Å². The van der Waals surface area contributed by atoms with Crippen LogP contribution in [-0.4, -0.2) is 44.8 Å². The summed E-state index contributed by atoms with van der Waals surface area (Å²) in [5, 5.41) is 10.7. The number of aryl methyl sites for hydroxylation is 1. The van der Waals surface area contributed by atoms with E-state index in [-0.39, 0.29) is 23.7 Å². The predicted molar refractivity (Wildman–Crippen MR) is 114 cm³/mol. The SMILES string of the molecule is Cc1nc(N)nc2c1cc(-c1ccc(N(C)C)nc1)c(=O)n2C1CCC(O)CC1. The third-order valence-electron chi connectivity index (χ3n) is 5.65. The number of nitrogen functional groups attached to an aromatic ring is 1. The molecule has 3 aromatic heterocycles. The average Bonchev–Trinajstić information content (AvgIpc) is 2.69. The van der Waals surface area contributed by atoms with Crippen molar-refractivity contribution in [1.82, 2.24) is 19.5 Å². The molecule has 1 saturated carbocycles. The zero-order chi connectivity index (χ0) is 20.7. The monoisotopic (exact) mass is 394 g/mol. The van der Waals surface area contributed by atoms with E-state index < -0.39 is 0 Å². The minimum Gasteiger partial charge on any atom is -0.393 e. The van der Waals surface area contributed by atoms with E-state index >= 15 is 0 Å². The van der Waals surface area contributed by atoms with Crippen LogP contribution < -0.4 is 16.2 Å². The second-order valence-electron chi connectivity index (χ2n) is 7.90. The second kappa shape index (κ2) is 7.44. The van der Waals surface area contributed by atoms with Gasteiger partial charge in [0.1, 0.15) is 11.5 Å². The van der Waals surface area contributed by atoms with E-state index in [2.05, 4.69) is 15.0 Å². The Hall–Kier alpha value is -3.00. The Morgan fingerprint density at radius 3 is 2.52 bits per heavy atom. The molecular weight excluding hydrogens is 368 g/mol. The van der Waals surface area contributed by atoms with Crippen LogP contribution in [0.15, 0.2) is 29.2 Å². The smallest absolute Gasteiger partial charge is 0.260 e. The number of pyridine rings is 2. The van der Waals surface area contributed by atoms with E-state index in [9.17, 15) is 9.90 Å². The van der Waals surface area contributed by atoms with Gasteiger partial charge in [0.2, 0.25) is 5.95 Å². The van der Waals surface area contributed by atoms with Crippen molar-refractivity contribution < 1.29 is 5.11 Å². The van der Waals surface area contributed by atoms with E-state index in [1.807, 2.05) is 44.1 Å². The molecule has 29 heavy (non-hydrogen) atoms. The molecule has 0 amide bonds. The van der Waals surface area contributed by atoms with Crippen molar-refractivity contribution in [3.8, 4) is 11.1 Å². The van der Waals surface area contributed by atoms with Gasteiger partial charge in [-0.2, -0.15) is 4.98 Å². The molecule has 0 aromatic carbocycles. The van der Waals surface area contributed by atoms with Gasteiger partial charge >= 0.3 is 0 Å². The second-order valence-corrected chi connectivity index (χ2v) is 7.90. The minimum atomic E-state index is -0.305. The molecule has 3 N–H and O–H groups in total. The summed E-state index contributed by atoms with van der Waals surface area (Å²) in [5.74, 6) is 0.979. The summed E-state index contributed by atoms with van der Waals surface area (Å²) in [6.45, 7) is 1.87. The van der Waals surface area contributed by atoms with E-state index in [0.717, 1.165) is 35.3 Å². The first-order chi connectivity index (χ1) is 13.8. The van der Waals surface area contributed by atoms with Crippen molar-refractivity contribution >= 4 is 22.8 Å². The fraction of sp³-hybridized carbons (Fsp3) is 0.429. The van der Waals surface area contributed by atoms with Crippen LogP contribution in [0.5, 0.6) is 0 Å². The molecule has 4 rings (SSSR count). The number of hydrogen-bond acceptors (Lipinski definition) is 7. The van der Waals surface area contributed by atoms with Gasteiger partial charge in [0.05, 0.1) is 11.8 Å². The van der Waals surface area contributed by atoms with E-state index in [4.69, 9.17) is 5.73 Å². The molecule has 152 valence electrons. The zero-order valence-corrected chi connectivity index (χ0v) is 17.0. The van der Waals surface area contributed by atoms with E-state index in [1.54, 1.807) is 10.8 Å². The Labute approximate surface area is 169 Å². The van der Waals surface area contributed by atoms with E-state index in [0.29, 0.717) is 24.1 Å². The van der Waals surface area contributed by atoms with Crippen molar-refractivity contribution in [2.75, 3.05) is 24.7 Å². The van der Waals surface area contributed by atoms with Crippen LogP contribution in [0.1, 0.15) is 37.4 Å². The predicted octanol–water partition coefficient (Wildman–Crippen LogP) is 2.29. The van der Waals surface area contributed by atoms with Crippen molar-refractivity contribution in [3.63, 3.8) is 0 Å². The van der Waals surface area contributed by atoms with Crippen LogP contribution >= 0.6 is 0 Å². The third kappa shape index (κ3) is 3.55. The largest absolute Gasteiger partial charge is 0.393 e. The lowest BCUT2D eigenvalue weighted by Crippen LogP contribution is -2.31. The fourth-order valence-corrected chi connectivity index (χ4v) is 4.04. The number of aromatic nitrogens is 4. The Kier molecular flexibility index (Phi) is 4.96. The fourth-order valence-electron chi connectivity index (χ4n) is 4.04. The molecule has 3 aromatic rings. The standard InChI is InChI=1S/C21H26N6O2/c1-12-16-10-17(13-4-9-18(23-11-13)26(2)3)20(29)27(19(16)25-21(22)24-12)14-5-7-15(28)8-6-14/h4,9-11,14-15,28H,5-8H2,1-3H3,(H2,22,24,25). The normalized spacial score (nSPS) is 19.4. The summed E-state index contributed by atoms with van der Waals surface area (Å²) in [7, 11) is 3.85. The maximum absolute atomic E-state index is 13.6. The number of fused-ring (bicyclic) bond motifs is 1. The number of aliphatic hydroxyl groups excluding tert-OH is 1. The van der Waals surface area contributed by atoms with Crippen molar-refractivity contribution in [2.45, 2.75) is 44.8 Å². The van der Waals surface area contributed by atoms with Crippen LogP contribution in [0.25, 0.3) is 22.2 Å². The van der Waals surface area contributed by atoms with Crippen molar-refractivity contribution in [1.29, 1.82) is 0 Å². The molecule has 0 spiro atoms. The summed E-state index contributed by atoms with van der Waals surface area (Å²) in [5.41, 5.74) is 8.39. The Balaban J connectivity index is 1.94. The highest BCUT2D eigenvalue weighted by Gasteiger charge is 2.25. The zero-order valence-electron chi connectivity index (χ0n) is 17.0. The minimum absolute atomic E-state index is 0.0314. The van der Waals surface area contributed by atoms with Gasteiger partial charge in [-0.15, -0.1) is 0 Å². The number of hydrogen-bond donors (Lipinski definition) is 2. The number of nitrogens with two attached hydrogens (primary N) is 1. The number of aliphatic hydroxyl groups is 1. The summed E-state index contributed by atoms with van der Waals surface area (Å²) in [4.78, 5) is 28.6. The average molecular weight is 394 g/mol. The van der Waals surface area contributed by atoms with Crippen LogP contribution in [0.4, 0.5) is 11.8 Å². The number of anilines is 2. The molecule has 0 saturated heterocycles. The van der Waals surface area contributed by atoms with Crippen molar-refractivity contribution in [3.05, 3.63) is 40.4 Å². The molecule has 0 atom stereocenters. The van der Waals surface area contributed by atoms with Gasteiger partial charge in [-0.1, -0.05) is 0 Å². The van der Waals surface area contributed by atoms with Crippen LogP contribution in [0.3, 0.4) is 0 Å². The Morgan fingerprint density at radius 2 is 1.90 bits per heavy atom. The molecule has 1 aliphatic carbocycles. The summed E-state index contributed by atoms with van der Waals surface area (Å²) >= 11 is 0. The Morgan fingerprint density at radius 1 is 1.17 bits per heavy atom. The molecule has 0 radical (unpaired) electrons. The third-order valence-corrected chi connectivity index (χ3v) is 5.65. The molecule has 0 aliphatic heterocycles. The first kappa shape index (κ1) is 19.3. The highest BCUT2D eigenvalue weighted by molar-refractivity contribution is 5.84. The van der Waals surface area contributed by atoms with Crippen LogP contribution in [0.2, 0.25) is 0 Å². The topological polar surface area (TPSA) is 110 Å². The maximum Gasteiger partial charge on any atom is 0.260 e. The van der Waals surface area contributed by atoms with Gasteiger partial charge in [-0.3, -0.25) is 9.36 Å². The number of nitrogens with zero attached hydrogens (tertiary/aromatic N) is 5. The summed E-state index contributed by atoms with van der Waals surface area (Å²) < 4.78 is 1.75.